The molecule has 9 nitrogen and oxygen atoms in total. The number of anilines is 1. The Morgan fingerprint density at radius 2 is 1.88 bits per heavy atom. The van der Waals surface area contributed by atoms with Gasteiger partial charge in [0.25, 0.3) is 5.91 Å². The summed E-state index contributed by atoms with van der Waals surface area (Å²) in [6.07, 6.45) is 1.79. The van der Waals surface area contributed by atoms with Gasteiger partial charge in [0.05, 0.1) is 37.9 Å². The monoisotopic (exact) mass is 450 g/mol. The first-order valence-corrected chi connectivity index (χ1v) is 10.6. The molecule has 0 bridgehead atoms. The van der Waals surface area contributed by atoms with E-state index < -0.39 is 18.0 Å². The van der Waals surface area contributed by atoms with Crippen LogP contribution in [0.1, 0.15) is 12.0 Å². The molecule has 2 aromatic carbocycles. The fourth-order valence-corrected chi connectivity index (χ4v) is 3.88. The molecule has 1 fully saturated rings. The Labute approximate surface area is 191 Å². The molecule has 1 aromatic heterocycles. The molecule has 4 rings (SSSR count). The number of methoxy groups -OCH3 is 2. The minimum Gasteiger partial charge on any atom is -0.497 e. The van der Waals surface area contributed by atoms with Crippen molar-refractivity contribution < 1.29 is 23.9 Å². The highest BCUT2D eigenvalue weighted by atomic mass is 16.5. The molecular formula is C24H26N4O5. The number of fused-ring (bicyclic) bond motifs is 1. The van der Waals surface area contributed by atoms with Crippen molar-refractivity contribution in [2.24, 2.45) is 0 Å². The summed E-state index contributed by atoms with van der Waals surface area (Å²) in [4.78, 5) is 38.9. The lowest BCUT2D eigenvalue weighted by molar-refractivity contribution is -0.130. The Hall–Kier alpha value is -3.85. The second kappa shape index (κ2) is 9.74. The summed E-state index contributed by atoms with van der Waals surface area (Å²) in [6.45, 7) is 1.40. The largest absolute Gasteiger partial charge is 0.497 e. The molecule has 1 saturated heterocycles. The van der Waals surface area contributed by atoms with Gasteiger partial charge < -0.3 is 24.7 Å². The number of urea groups is 1. The van der Waals surface area contributed by atoms with Crippen molar-refractivity contribution in [3.05, 3.63) is 60.3 Å². The number of rotatable bonds is 9. The molecule has 0 saturated carbocycles. The number of carbonyl (C=O) groups excluding carboxylic acids is 3. The maximum Gasteiger partial charge on any atom is 0.325 e. The van der Waals surface area contributed by atoms with Crippen molar-refractivity contribution >= 4 is 34.4 Å². The molecule has 33 heavy (non-hydrogen) atoms. The molecule has 1 aliphatic heterocycles. The molecule has 1 atom stereocenters. The number of aromatic nitrogens is 1. The molecule has 9 heteroatoms. The first-order valence-electron chi connectivity index (χ1n) is 10.6. The van der Waals surface area contributed by atoms with E-state index in [0.29, 0.717) is 24.6 Å². The van der Waals surface area contributed by atoms with Crippen LogP contribution in [0.25, 0.3) is 10.9 Å². The van der Waals surface area contributed by atoms with Crippen LogP contribution in [0.5, 0.6) is 5.75 Å². The van der Waals surface area contributed by atoms with Gasteiger partial charge in [0, 0.05) is 25.2 Å². The van der Waals surface area contributed by atoms with E-state index in [0.717, 1.165) is 21.4 Å². The minimum atomic E-state index is -0.902. The van der Waals surface area contributed by atoms with Crippen LogP contribution < -0.4 is 15.4 Å². The normalized spacial score (nSPS) is 15.7. The van der Waals surface area contributed by atoms with Gasteiger partial charge >= 0.3 is 6.03 Å². The van der Waals surface area contributed by atoms with E-state index in [-0.39, 0.29) is 18.9 Å². The van der Waals surface area contributed by atoms with Crippen LogP contribution in [-0.4, -0.2) is 54.2 Å². The molecule has 0 spiro atoms. The zero-order valence-corrected chi connectivity index (χ0v) is 18.5. The third-order valence-electron chi connectivity index (χ3n) is 5.62. The SMILES string of the molecule is COCCn1ccc2c(NC(=O)CC3NC(=O)N(Cc4ccc(OC)cc4)C3=O)cccc21. The lowest BCUT2D eigenvalue weighted by Gasteiger charge is -2.13. The van der Waals surface area contributed by atoms with Crippen LogP contribution in [0.4, 0.5) is 10.5 Å². The summed E-state index contributed by atoms with van der Waals surface area (Å²) in [7, 11) is 3.22. The smallest absolute Gasteiger partial charge is 0.325 e. The minimum absolute atomic E-state index is 0.126. The number of nitrogens with one attached hydrogen (secondary N) is 2. The van der Waals surface area contributed by atoms with Gasteiger partial charge in [0.1, 0.15) is 11.8 Å². The average Bonchev–Trinajstić information content (AvgIpc) is 3.35. The third-order valence-corrected chi connectivity index (χ3v) is 5.62. The van der Waals surface area contributed by atoms with E-state index in [1.807, 2.05) is 35.0 Å². The third kappa shape index (κ3) is 4.83. The maximum absolute atomic E-state index is 12.8. The van der Waals surface area contributed by atoms with E-state index in [2.05, 4.69) is 10.6 Å². The highest BCUT2D eigenvalue weighted by Crippen LogP contribution is 2.25. The molecule has 2 N–H and O–H groups in total. The summed E-state index contributed by atoms with van der Waals surface area (Å²) in [6, 6.07) is 13.3. The summed E-state index contributed by atoms with van der Waals surface area (Å²) < 4.78 is 12.3. The van der Waals surface area contributed by atoms with Gasteiger partial charge in [-0.1, -0.05) is 18.2 Å². The zero-order chi connectivity index (χ0) is 23.4. The van der Waals surface area contributed by atoms with Gasteiger partial charge in [0.15, 0.2) is 0 Å². The Kier molecular flexibility index (Phi) is 6.60. The van der Waals surface area contributed by atoms with Gasteiger partial charge in [0.2, 0.25) is 5.91 Å². The van der Waals surface area contributed by atoms with Gasteiger partial charge in [-0.25, -0.2) is 4.79 Å². The molecule has 0 aliphatic carbocycles. The van der Waals surface area contributed by atoms with Crippen LogP contribution in [-0.2, 0) is 27.4 Å². The second-order valence-electron chi connectivity index (χ2n) is 7.77. The number of imide groups is 1. The van der Waals surface area contributed by atoms with Crippen molar-refractivity contribution in [2.45, 2.75) is 25.6 Å². The van der Waals surface area contributed by atoms with Crippen molar-refractivity contribution in [3.8, 4) is 5.75 Å². The number of hydrogen-bond acceptors (Lipinski definition) is 5. The number of carbonyl (C=O) groups is 3. The molecular weight excluding hydrogens is 424 g/mol. The average molecular weight is 450 g/mol. The molecule has 4 amide bonds. The van der Waals surface area contributed by atoms with Crippen LogP contribution in [0, 0.1) is 0 Å². The van der Waals surface area contributed by atoms with Crippen LogP contribution >= 0.6 is 0 Å². The Morgan fingerprint density at radius 1 is 1.09 bits per heavy atom. The topological polar surface area (TPSA) is 102 Å². The lowest BCUT2D eigenvalue weighted by Crippen LogP contribution is -2.34. The van der Waals surface area contributed by atoms with E-state index in [9.17, 15) is 14.4 Å². The van der Waals surface area contributed by atoms with E-state index in [1.54, 1.807) is 38.5 Å². The number of ether oxygens (including phenoxy) is 2. The van der Waals surface area contributed by atoms with Crippen LogP contribution in [0.3, 0.4) is 0 Å². The Morgan fingerprint density at radius 3 is 2.61 bits per heavy atom. The summed E-state index contributed by atoms with van der Waals surface area (Å²) >= 11 is 0. The molecule has 0 radical (unpaired) electrons. The number of benzene rings is 2. The molecule has 172 valence electrons. The molecule has 2 heterocycles. The van der Waals surface area contributed by atoms with E-state index in [4.69, 9.17) is 9.47 Å². The predicted octanol–water partition coefficient (Wildman–Crippen LogP) is 2.75. The fourth-order valence-electron chi connectivity index (χ4n) is 3.88. The highest BCUT2D eigenvalue weighted by molar-refractivity contribution is 6.08. The standard InChI is InChI=1S/C24H26N4O5/c1-32-13-12-27-11-10-18-19(4-3-5-21(18)27)25-22(29)14-20-23(30)28(24(31)26-20)15-16-6-8-17(33-2)9-7-16/h3-11,20H,12-15H2,1-2H3,(H,25,29)(H,26,31). The number of hydrogen-bond donors (Lipinski definition) is 2. The summed E-state index contributed by atoms with van der Waals surface area (Å²) in [5, 5.41) is 6.38. The van der Waals surface area contributed by atoms with Crippen molar-refractivity contribution in [3.63, 3.8) is 0 Å². The first kappa shape index (κ1) is 22.3. The second-order valence-corrected chi connectivity index (χ2v) is 7.77. The van der Waals surface area contributed by atoms with Crippen molar-refractivity contribution in [1.29, 1.82) is 0 Å². The molecule has 1 aliphatic rings. The quantitative estimate of drug-likeness (QED) is 0.488. The highest BCUT2D eigenvalue weighted by Gasteiger charge is 2.39. The van der Waals surface area contributed by atoms with E-state index in [1.165, 1.54) is 0 Å². The summed E-state index contributed by atoms with van der Waals surface area (Å²) in [5.41, 5.74) is 2.41. The summed E-state index contributed by atoms with van der Waals surface area (Å²) in [5.74, 6) is -0.0819. The van der Waals surface area contributed by atoms with Gasteiger partial charge in [-0.3, -0.25) is 14.5 Å². The number of amides is 4. The molecule has 1 unspecified atom stereocenters. The zero-order valence-electron chi connectivity index (χ0n) is 18.5. The first-order chi connectivity index (χ1) is 16.0. The van der Waals surface area contributed by atoms with Crippen LogP contribution in [0.15, 0.2) is 54.7 Å². The molecule has 3 aromatic rings. The van der Waals surface area contributed by atoms with E-state index >= 15 is 0 Å². The van der Waals surface area contributed by atoms with Crippen molar-refractivity contribution in [2.75, 3.05) is 26.1 Å². The predicted molar refractivity (Wildman–Crippen MR) is 123 cm³/mol. The van der Waals surface area contributed by atoms with Crippen LogP contribution in [0.2, 0.25) is 0 Å². The maximum atomic E-state index is 12.8. The van der Waals surface area contributed by atoms with Gasteiger partial charge in [-0.15, -0.1) is 0 Å². The number of nitrogens with zero attached hydrogens (tertiary/aromatic N) is 2. The Bertz CT molecular complexity index is 1170. The van der Waals surface area contributed by atoms with Gasteiger partial charge in [-0.05, 0) is 35.9 Å². The van der Waals surface area contributed by atoms with Crippen molar-refractivity contribution in [1.82, 2.24) is 14.8 Å². The van der Waals surface area contributed by atoms with Gasteiger partial charge in [-0.2, -0.15) is 0 Å². The Balaban J connectivity index is 1.40. The fraction of sp³-hybridized carbons (Fsp3) is 0.292. The lowest BCUT2D eigenvalue weighted by atomic mass is 10.1.